The maximum Gasteiger partial charge on any atom is 0.130 e. The first-order chi connectivity index (χ1) is 9.27. The lowest BCUT2D eigenvalue weighted by atomic mass is 10.2. The topological polar surface area (TPSA) is 44.5 Å². The Balaban J connectivity index is 1.73. The third kappa shape index (κ3) is 3.96. The summed E-state index contributed by atoms with van der Waals surface area (Å²) in [5, 5.41) is 0. The highest BCUT2D eigenvalue weighted by Crippen LogP contribution is 2.16. The van der Waals surface area contributed by atoms with E-state index in [1.54, 1.807) is 12.1 Å². The van der Waals surface area contributed by atoms with E-state index in [4.69, 9.17) is 15.2 Å². The van der Waals surface area contributed by atoms with Crippen molar-refractivity contribution in [1.29, 1.82) is 0 Å². The van der Waals surface area contributed by atoms with Crippen molar-refractivity contribution in [3.05, 3.63) is 59.9 Å². The van der Waals surface area contributed by atoms with E-state index in [0.717, 1.165) is 5.75 Å². The number of anilines is 1. The molecule has 0 aliphatic heterocycles. The van der Waals surface area contributed by atoms with Gasteiger partial charge in [0.25, 0.3) is 0 Å². The Labute approximate surface area is 111 Å². The number of ether oxygens (including phenoxy) is 2. The lowest BCUT2D eigenvalue weighted by Gasteiger charge is -2.09. The van der Waals surface area contributed by atoms with Gasteiger partial charge in [0.1, 0.15) is 18.2 Å². The summed E-state index contributed by atoms with van der Waals surface area (Å²) in [5.41, 5.74) is 6.47. The van der Waals surface area contributed by atoms with Crippen LogP contribution < -0.4 is 10.5 Å². The molecule has 2 N–H and O–H groups in total. The van der Waals surface area contributed by atoms with Crippen molar-refractivity contribution in [2.45, 2.75) is 6.61 Å². The molecule has 4 heteroatoms. The third-order valence-electron chi connectivity index (χ3n) is 2.64. The fraction of sp³-hybridized carbons (Fsp3) is 0.200. The Morgan fingerprint density at radius 2 is 1.74 bits per heavy atom. The van der Waals surface area contributed by atoms with Gasteiger partial charge in [-0.3, -0.25) is 0 Å². The van der Waals surface area contributed by atoms with Crippen molar-refractivity contribution < 1.29 is 13.9 Å². The van der Waals surface area contributed by atoms with E-state index in [1.807, 2.05) is 30.3 Å². The standard InChI is InChI=1S/C15H16FNO2/c16-14-7-4-8-15(17)13(14)11-18-9-10-19-12-5-2-1-3-6-12/h1-8H,9-11,17H2. The lowest BCUT2D eigenvalue weighted by molar-refractivity contribution is 0.0875. The summed E-state index contributed by atoms with van der Waals surface area (Å²) >= 11 is 0. The van der Waals surface area contributed by atoms with Gasteiger partial charge < -0.3 is 15.2 Å². The van der Waals surface area contributed by atoms with Crippen LogP contribution in [0.5, 0.6) is 5.75 Å². The van der Waals surface area contributed by atoms with Gasteiger partial charge in [0, 0.05) is 11.3 Å². The number of halogens is 1. The second kappa shape index (κ2) is 6.75. The van der Waals surface area contributed by atoms with Gasteiger partial charge in [-0.2, -0.15) is 0 Å². The van der Waals surface area contributed by atoms with Crippen LogP contribution >= 0.6 is 0 Å². The van der Waals surface area contributed by atoms with Crippen LogP contribution in [0.4, 0.5) is 10.1 Å². The van der Waals surface area contributed by atoms with Crippen LogP contribution in [-0.2, 0) is 11.3 Å². The summed E-state index contributed by atoms with van der Waals surface area (Å²) in [6.45, 7) is 0.942. The molecule has 0 spiro atoms. The van der Waals surface area contributed by atoms with Crippen molar-refractivity contribution >= 4 is 5.69 Å². The van der Waals surface area contributed by atoms with Gasteiger partial charge in [0.05, 0.1) is 13.2 Å². The molecule has 0 aliphatic carbocycles. The third-order valence-corrected chi connectivity index (χ3v) is 2.64. The number of nitrogen functional groups attached to an aromatic ring is 1. The van der Waals surface area contributed by atoms with Gasteiger partial charge in [-0.25, -0.2) is 4.39 Å². The fourth-order valence-corrected chi connectivity index (χ4v) is 1.64. The number of rotatable bonds is 6. The first-order valence-corrected chi connectivity index (χ1v) is 6.06. The summed E-state index contributed by atoms with van der Waals surface area (Å²) in [4.78, 5) is 0. The quantitative estimate of drug-likeness (QED) is 0.642. The zero-order valence-electron chi connectivity index (χ0n) is 10.5. The minimum Gasteiger partial charge on any atom is -0.491 e. The Morgan fingerprint density at radius 3 is 2.47 bits per heavy atom. The first kappa shape index (κ1) is 13.4. The highest BCUT2D eigenvalue weighted by atomic mass is 19.1. The van der Waals surface area contributed by atoms with Gasteiger partial charge >= 0.3 is 0 Å². The van der Waals surface area contributed by atoms with Gasteiger partial charge in [0.15, 0.2) is 0 Å². The van der Waals surface area contributed by atoms with Crippen molar-refractivity contribution in [3.63, 3.8) is 0 Å². The van der Waals surface area contributed by atoms with E-state index in [9.17, 15) is 4.39 Å². The molecule has 100 valence electrons. The first-order valence-electron chi connectivity index (χ1n) is 6.06. The van der Waals surface area contributed by atoms with Crippen LogP contribution in [0.15, 0.2) is 48.5 Å². The number of nitrogens with two attached hydrogens (primary N) is 1. The Hall–Kier alpha value is -2.07. The highest BCUT2D eigenvalue weighted by molar-refractivity contribution is 5.46. The zero-order valence-corrected chi connectivity index (χ0v) is 10.5. The number of para-hydroxylation sites is 1. The molecule has 0 unspecified atom stereocenters. The fourth-order valence-electron chi connectivity index (χ4n) is 1.64. The molecule has 2 rings (SSSR count). The number of benzene rings is 2. The van der Waals surface area contributed by atoms with Gasteiger partial charge in [0.2, 0.25) is 0 Å². The van der Waals surface area contributed by atoms with Crippen molar-refractivity contribution in [3.8, 4) is 5.75 Å². The molecule has 2 aromatic carbocycles. The smallest absolute Gasteiger partial charge is 0.130 e. The highest BCUT2D eigenvalue weighted by Gasteiger charge is 2.05. The largest absolute Gasteiger partial charge is 0.491 e. The van der Waals surface area contributed by atoms with E-state index < -0.39 is 0 Å². The van der Waals surface area contributed by atoms with E-state index in [1.165, 1.54) is 6.07 Å². The molecule has 0 amide bonds. The van der Waals surface area contributed by atoms with Crippen molar-refractivity contribution in [2.24, 2.45) is 0 Å². The molecule has 0 atom stereocenters. The van der Waals surface area contributed by atoms with E-state index >= 15 is 0 Å². The minimum absolute atomic E-state index is 0.149. The van der Waals surface area contributed by atoms with E-state index in [2.05, 4.69) is 0 Å². The van der Waals surface area contributed by atoms with Crippen LogP contribution in [0.25, 0.3) is 0 Å². The number of hydrogen-bond donors (Lipinski definition) is 1. The molecule has 0 radical (unpaired) electrons. The Morgan fingerprint density at radius 1 is 0.947 bits per heavy atom. The van der Waals surface area contributed by atoms with Gasteiger partial charge in [-0.05, 0) is 24.3 Å². The van der Waals surface area contributed by atoms with Crippen LogP contribution in [0, 0.1) is 5.82 Å². The molecule has 0 fully saturated rings. The van der Waals surface area contributed by atoms with Crippen molar-refractivity contribution in [2.75, 3.05) is 18.9 Å². The van der Waals surface area contributed by atoms with Gasteiger partial charge in [-0.15, -0.1) is 0 Å². The summed E-state index contributed by atoms with van der Waals surface area (Å²) in [6.07, 6.45) is 0. The monoisotopic (exact) mass is 261 g/mol. The SMILES string of the molecule is Nc1cccc(F)c1COCCOc1ccccc1. The summed E-state index contributed by atoms with van der Waals surface area (Å²) in [6, 6.07) is 14.1. The maximum absolute atomic E-state index is 13.4. The van der Waals surface area contributed by atoms with Crippen LogP contribution in [0.3, 0.4) is 0 Å². The molecule has 2 aromatic rings. The average Bonchev–Trinajstić information content (AvgIpc) is 2.42. The van der Waals surface area contributed by atoms with E-state index in [-0.39, 0.29) is 12.4 Å². The molecular weight excluding hydrogens is 245 g/mol. The number of hydrogen-bond acceptors (Lipinski definition) is 3. The lowest BCUT2D eigenvalue weighted by Crippen LogP contribution is -2.08. The molecule has 0 aliphatic rings. The average molecular weight is 261 g/mol. The molecule has 0 saturated heterocycles. The molecule has 0 aromatic heterocycles. The molecule has 0 heterocycles. The van der Waals surface area contributed by atoms with Crippen molar-refractivity contribution in [1.82, 2.24) is 0 Å². The summed E-state index contributed by atoms with van der Waals surface area (Å²) < 4.78 is 24.2. The van der Waals surface area contributed by atoms with Gasteiger partial charge in [-0.1, -0.05) is 24.3 Å². The zero-order chi connectivity index (χ0) is 13.5. The predicted octanol–water partition coefficient (Wildman–Crippen LogP) is 3.00. The maximum atomic E-state index is 13.4. The summed E-state index contributed by atoms with van der Waals surface area (Å²) in [5.74, 6) is 0.445. The molecule has 3 nitrogen and oxygen atoms in total. The normalized spacial score (nSPS) is 10.4. The van der Waals surface area contributed by atoms with E-state index in [0.29, 0.717) is 24.5 Å². The van der Waals surface area contributed by atoms with Crippen LogP contribution in [-0.4, -0.2) is 13.2 Å². The summed E-state index contributed by atoms with van der Waals surface area (Å²) in [7, 11) is 0. The Bertz CT molecular complexity index is 497. The second-order valence-corrected chi connectivity index (χ2v) is 4.02. The molecule has 0 saturated carbocycles. The van der Waals surface area contributed by atoms with Crippen LogP contribution in [0.2, 0.25) is 0 Å². The molecule has 0 bridgehead atoms. The molecular formula is C15H16FNO2. The predicted molar refractivity (Wildman–Crippen MR) is 72.4 cm³/mol. The Kier molecular flexibility index (Phi) is 4.75. The molecule has 19 heavy (non-hydrogen) atoms. The second-order valence-electron chi connectivity index (χ2n) is 4.02. The van der Waals surface area contributed by atoms with Crippen LogP contribution in [0.1, 0.15) is 5.56 Å². The minimum atomic E-state index is -0.344.